The van der Waals surface area contributed by atoms with Crippen LogP contribution in [0.15, 0.2) is 24.3 Å². The van der Waals surface area contributed by atoms with Crippen molar-refractivity contribution in [2.24, 2.45) is 5.84 Å². The maximum absolute atomic E-state index is 5.42. The van der Waals surface area contributed by atoms with Gasteiger partial charge in [-0.15, -0.1) is 0 Å². The number of anilines is 2. The van der Waals surface area contributed by atoms with Crippen molar-refractivity contribution in [2.45, 2.75) is 31.7 Å². The SMILES string of the molecule is CC1(Nc2nc(NN)nc3ccccc23)CCC1. The molecule has 1 aromatic heterocycles. The minimum Gasteiger partial charge on any atom is -0.364 e. The van der Waals surface area contributed by atoms with Crippen molar-refractivity contribution in [2.75, 3.05) is 10.7 Å². The van der Waals surface area contributed by atoms with E-state index in [1.54, 1.807) is 0 Å². The van der Waals surface area contributed by atoms with Gasteiger partial charge in [0.25, 0.3) is 0 Å². The molecule has 1 heterocycles. The minimum atomic E-state index is 0.156. The smallest absolute Gasteiger partial charge is 0.239 e. The number of nitrogen functional groups attached to an aromatic ring is 1. The fraction of sp³-hybridized carbons (Fsp3) is 0.385. The molecule has 1 aliphatic carbocycles. The van der Waals surface area contributed by atoms with Crippen LogP contribution in [0.5, 0.6) is 0 Å². The summed E-state index contributed by atoms with van der Waals surface area (Å²) in [5, 5.41) is 4.56. The standard InChI is InChI=1S/C13H17N5/c1-13(7-4-8-13)17-11-9-5-2-3-6-10(9)15-12(16-11)18-14/h2-3,5-6H,4,7-8,14H2,1H3,(H2,15,16,17,18). The molecule has 4 N–H and O–H groups in total. The predicted molar refractivity (Wildman–Crippen MR) is 73.2 cm³/mol. The van der Waals surface area contributed by atoms with Crippen molar-refractivity contribution in [1.29, 1.82) is 0 Å². The molecular formula is C13H17N5. The molecule has 0 atom stereocenters. The van der Waals surface area contributed by atoms with E-state index in [9.17, 15) is 0 Å². The highest BCUT2D eigenvalue weighted by molar-refractivity contribution is 5.90. The molecule has 1 aromatic carbocycles. The summed E-state index contributed by atoms with van der Waals surface area (Å²) in [5.41, 5.74) is 3.57. The number of hydrogen-bond acceptors (Lipinski definition) is 5. The highest BCUT2D eigenvalue weighted by atomic mass is 15.3. The first-order valence-electron chi connectivity index (χ1n) is 6.22. The monoisotopic (exact) mass is 243 g/mol. The first-order valence-corrected chi connectivity index (χ1v) is 6.22. The van der Waals surface area contributed by atoms with Gasteiger partial charge in [0.05, 0.1) is 5.52 Å². The van der Waals surface area contributed by atoms with Crippen LogP contribution in [0.3, 0.4) is 0 Å². The van der Waals surface area contributed by atoms with Crippen LogP contribution in [0.4, 0.5) is 11.8 Å². The summed E-state index contributed by atoms with van der Waals surface area (Å²) < 4.78 is 0. The van der Waals surface area contributed by atoms with E-state index in [-0.39, 0.29) is 5.54 Å². The van der Waals surface area contributed by atoms with E-state index in [0.717, 1.165) is 16.7 Å². The maximum atomic E-state index is 5.42. The lowest BCUT2D eigenvalue weighted by molar-refractivity contribution is 0.306. The van der Waals surface area contributed by atoms with Crippen molar-refractivity contribution in [3.05, 3.63) is 24.3 Å². The highest BCUT2D eigenvalue weighted by Gasteiger charge is 2.32. The number of benzene rings is 1. The van der Waals surface area contributed by atoms with Crippen molar-refractivity contribution in [1.82, 2.24) is 9.97 Å². The van der Waals surface area contributed by atoms with E-state index in [4.69, 9.17) is 5.84 Å². The van der Waals surface area contributed by atoms with Crippen LogP contribution in [0, 0.1) is 0 Å². The van der Waals surface area contributed by atoms with Crippen LogP contribution in [0.25, 0.3) is 10.9 Å². The summed E-state index contributed by atoms with van der Waals surface area (Å²) in [6.07, 6.45) is 3.63. The number of nitrogens with zero attached hydrogens (tertiary/aromatic N) is 2. The number of hydrogen-bond donors (Lipinski definition) is 3. The minimum absolute atomic E-state index is 0.156. The van der Waals surface area contributed by atoms with Crippen molar-refractivity contribution in [3.8, 4) is 0 Å². The number of rotatable bonds is 3. The third-order valence-electron chi connectivity index (χ3n) is 3.61. The van der Waals surface area contributed by atoms with Gasteiger partial charge in [-0.25, -0.2) is 10.8 Å². The van der Waals surface area contributed by atoms with Crippen LogP contribution in [-0.2, 0) is 0 Å². The highest BCUT2D eigenvalue weighted by Crippen LogP contribution is 2.36. The number of nitrogens with two attached hydrogens (primary N) is 1. The number of hydrazine groups is 1. The van der Waals surface area contributed by atoms with Gasteiger partial charge in [0.1, 0.15) is 5.82 Å². The summed E-state index contributed by atoms with van der Waals surface area (Å²) in [5.74, 6) is 6.72. The van der Waals surface area contributed by atoms with Crippen molar-refractivity contribution < 1.29 is 0 Å². The Bertz CT molecular complexity index is 577. The maximum Gasteiger partial charge on any atom is 0.239 e. The molecule has 1 fully saturated rings. The first-order chi connectivity index (χ1) is 8.70. The molecule has 2 aromatic rings. The van der Waals surface area contributed by atoms with Crippen molar-refractivity contribution >= 4 is 22.7 Å². The Balaban J connectivity index is 2.07. The summed E-state index contributed by atoms with van der Waals surface area (Å²) in [6, 6.07) is 7.95. The molecular weight excluding hydrogens is 226 g/mol. The second kappa shape index (κ2) is 4.10. The number of aromatic nitrogens is 2. The Labute approximate surface area is 106 Å². The number of para-hydroxylation sites is 1. The van der Waals surface area contributed by atoms with E-state index in [2.05, 4.69) is 27.6 Å². The van der Waals surface area contributed by atoms with E-state index in [1.165, 1.54) is 19.3 Å². The zero-order chi connectivity index (χ0) is 12.6. The second-order valence-corrected chi connectivity index (χ2v) is 5.10. The molecule has 18 heavy (non-hydrogen) atoms. The molecule has 1 aliphatic rings. The fourth-order valence-corrected chi connectivity index (χ4v) is 2.35. The van der Waals surface area contributed by atoms with Crippen LogP contribution < -0.4 is 16.6 Å². The molecule has 5 nitrogen and oxygen atoms in total. The van der Waals surface area contributed by atoms with Crippen molar-refractivity contribution in [3.63, 3.8) is 0 Å². The predicted octanol–water partition coefficient (Wildman–Crippen LogP) is 2.27. The zero-order valence-corrected chi connectivity index (χ0v) is 10.4. The lowest BCUT2D eigenvalue weighted by Gasteiger charge is -2.39. The molecule has 1 saturated carbocycles. The van der Waals surface area contributed by atoms with Gasteiger partial charge in [-0.1, -0.05) is 12.1 Å². The summed E-state index contributed by atoms with van der Waals surface area (Å²) in [7, 11) is 0. The molecule has 0 unspecified atom stereocenters. The van der Waals surface area contributed by atoms with Gasteiger partial charge in [-0.3, -0.25) is 5.43 Å². The average Bonchev–Trinajstić information content (AvgIpc) is 2.36. The summed E-state index contributed by atoms with van der Waals surface area (Å²) in [6.45, 7) is 2.23. The van der Waals surface area contributed by atoms with Crippen LogP contribution in [-0.4, -0.2) is 15.5 Å². The molecule has 0 amide bonds. The van der Waals surface area contributed by atoms with E-state index in [1.807, 2.05) is 24.3 Å². The molecule has 0 aliphatic heterocycles. The second-order valence-electron chi connectivity index (χ2n) is 5.10. The lowest BCUT2D eigenvalue weighted by atomic mass is 9.78. The van der Waals surface area contributed by atoms with E-state index in [0.29, 0.717) is 5.95 Å². The third-order valence-corrected chi connectivity index (χ3v) is 3.61. The van der Waals surface area contributed by atoms with Crippen LogP contribution >= 0.6 is 0 Å². The molecule has 94 valence electrons. The van der Waals surface area contributed by atoms with Gasteiger partial charge in [-0.2, -0.15) is 4.98 Å². The Morgan fingerprint density at radius 2 is 2.00 bits per heavy atom. The normalized spacial score (nSPS) is 17.2. The van der Waals surface area contributed by atoms with Crippen LogP contribution in [0.2, 0.25) is 0 Å². The molecule has 5 heteroatoms. The average molecular weight is 243 g/mol. The van der Waals surface area contributed by atoms with Gasteiger partial charge in [0, 0.05) is 10.9 Å². The lowest BCUT2D eigenvalue weighted by Crippen LogP contribution is -2.42. The van der Waals surface area contributed by atoms with Gasteiger partial charge < -0.3 is 5.32 Å². The Morgan fingerprint density at radius 1 is 1.22 bits per heavy atom. The Morgan fingerprint density at radius 3 is 2.67 bits per heavy atom. The molecule has 0 bridgehead atoms. The largest absolute Gasteiger partial charge is 0.364 e. The molecule has 0 saturated heterocycles. The first kappa shape index (κ1) is 11.2. The Hall–Kier alpha value is -1.88. The molecule has 0 spiro atoms. The van der Waals surface area contributed by atoms with Gasteiger partial charge >= 0.3 is 0 Å². The number of nitrogens with one attached hydrogen (secondary N) is 2. The van der Waals surface area contributed by atoms with Gasteiger partial charge in [0.15, 0.2) is 0 Å². The van der Waals surface area contributed by atoms with Gasteiger partial charge in [-0.05, 0) is 38.3 Å². The van der Waals surface area contributed by atoms with Gasteiger partial charge in [0.2, 0.25) is 5.95 Å². The fourth-order valence-electron chi connectivity index (χ4n) is 2.35. The Kier molecular flexibility index (Phi) is 2.56. The van der Waals surface area contributed by atoms with E-state index < -0.39 is 0 Å². The molecule has 0 radical (unpaired) electrons. The quantitative estimate of drug-likeness (QED) is 0.569. The summed E-state index contributed by atoms with van der Waals surface area (Å²) in [4.78, 5) is 8.77. The topological polar surface area (TPSA) is 75.9 Å². The van der Waals surface area contributed by atoms with E-state index >= 15 is 0 Å². The zero-order valence-electron chi connectivity index (χ0n) is 10.4. The summed E-state index contributed by atoms with van der Waals surface area (Å²) >= 11 is 0. The third kappa shape index (κ3) is 1.86. The van der Waals surface area contributed by atoms with Crippen LogP contribution in [0.1, 0.15) is 26.2 Å². The number of fused-ring (bicyclic) bond motifs is 1. The molecule has 3 rings (SSSR count).